The molecule has 0 spiro atoms. The highest BCUT2D eigenvalue weighted by Gasteiger charge is 2.39. The highest BCUT2D eigenvalue weighted by molar-refractivity contribution is 7.91. The van der Waals surface area contributed by atoms with Crippen molar-refractivity contribution in [3.05, 3.63) is 60.3 Å². The van der Waals surface area contributed by atoms with Gasteiger partial charge in [-0.15, -0.1) is 0 Å². The summed E-state index contributed by atoms with van der Waals surface area (Å²) < 4.78 is 97.0. The van der Waals surface area contributed by atoms with Crippen LogP contribution in [0.15, 0.2) is 64.5 Å². The highest BCUT2D eigenvalue weighted by Crippen LogP contribution is 2.39. The zero-order chi connectivity index (χ0) is 24.9. The second-order valence-electron chi connectivity index (χ2n) is 7.64. The summed E-state index contributed by atoms with van der Waals surface area (Å²) in [6.07, 6.45) is -5.47. The molecule has 2 aromatic carbocycles. The minimum atomic E-state index is -4.97. The van der Waals surface area contributed by atoms with E-state index in [9.17, 15) is 34.8 Å². The van der Waals surface area contributed by atoms with Crippen molar-refractivity contribution in [3.63, 3.8) is 0 Å². The first-order valence-electron chi connectivity index (χ1n) is 9.84. The molecular formula is C20H18F3N3O6S2. The van der Waals surface area contributed by atoms with Gasteiger partial charge in [-0.25, -0.2) is 30.3 Å². The number of hydrogen-bond donors (Lipinski definition) is 2. The first-order valence-corrected chi connectivity index (χ1v) is 12.8. The quantitative estimate of drug-likeness (QED) is 0.536. The number of likely N-dealkylation sites (tertiary alicyclic amines) is 1. The molecule has 9 nitrogen and oxygen atoms in total. The summed E-state index contributed by atoms with van der Waals surface area (Å²) in [6, 6.07) is 8.74. The number of carbonyl (C=O) groups is 1. The van der Waals surface area contributed by atoms with Gasteiger partial charge in [0.1, 0.15) is 4.90 Å². The van der Waals surface area contributed by atoms with Crippen LogP contribution in [0, 0.1) is 0 Å². The fraction of sp³-hybridized carbons (Fsp3) is 0.250. The van der Waals surface area contributed by atoms with Crippen LogP contribution in [0.4, 0.5) is 18.0 Å². The lowest BCUT2D eigenvalue weighted by Gasteiger charge is -2.15. The van der Waals surface area contributed by atoms with Crippen LogP contribution in [-0.4, -0.2) is 56.0 Å². The monoisotopic (exact) mass is 517 g/mol. The van der Waals surface area contributed by atoms with E-state index in [0.29, 0.717) is 16.2 Å². The molecule has 1 saturated heterocycles. The third kappa shape index (κ3) is 4.23. The standard InChI is InChI=1S/C20H18F3N3O6S2/c21-20(22,23)15-7-4-8-16-18(15)17(12-26(16)34(31,32)14-5-2-1-3-6-14)33(29,30)24-13-9-10-25(11-13)19(27)28/h1-8,12-13,24H,9-11H2,(H,27,28). The van der Waals surface area contributed by atoms with Gasteiger partial charge >= 0.3 is 12.3 Å². The first-order chi connectivity index (χ1) is 15.8. The minimum absolute atomic E-state index is 0.0421. The van der Waals surface area contributed by atoms with E-state index >= 15 is 0 Å². The second-order valence-corrected chi connectivity index (χ2v) is 11.1. The van der Waals surface area contributed by atoms with E-state index in [4.69, 9.17) is 5.11 Å². The molecule has 14 heteroatoms. The summed E-state index contributed by atoms with van der Waals surface area (Å²) >= 11 is 0. The molecule has 1 atom stereocenters. The Bertz CT molecular complexity index is 1470. The first kappa shape index (κ1) is 24.0. The predicted octanol–water partition coefficient (Wildman–Crippen LogP) is 2.93. The van der Waals surface area contributed by atoms with E-state index in [1.807, 2.05) is 0 Å². The van der Waals surface area contributed by atoms with Crippen LogP contribution in [0.5, 0.6) is 0 Å². The SMILES string of the molecule is O=C(O)N1CCC(NS(=O)(=O)c2cn(S(=O)(=O)c3ccccc3)c3cccc(C(F)(F)F)c23)C1. The lowest BCUT2D eigenvalue weighted by Crippen LogP contribution is -2.38. The van der Waals surface area contributed by atoms with Crippen LogP contribution in [0.3, 0.4) is 0 Å². The molecule has 2 heterocycles. The predicted molar refractivity (Wildman–Crippen MR) is 114 cm³/mol. The summed E-state index contributed by atoms with van der Waals surface area (Å²) in [5, 5.41) is 8.27. The average molecular weight is 518 g/mol. The summed E-state index contributed by atoms with van der Waals surface area (Å²) in [7, 11) is -9.12. The Morgan fingerprint density at radius 1 is 1.03 bits per heavy atom. The molecule has 4 rings (SSSR count). The molecule has 0 saturated carbocycles. The van der Waals surface area contributed by atoms with Gasteiger partial charge in [0.25, 0.3) is 10.0 Å². The number of aromatic nitrogens is 1. The number of nitrogens with one attached hydrogen (secondary N) is 1. The van der Waals surface area contributed by atoms with Gasteiger partial charge in [-0.3, -0.25) is 0 Å². The zero-order valence-corrected chi connectivity index (χ0v) is 18.9. The molecule has 0 radical (unpaired) electrons. The number of fused-ring (bicyclic) bond motifs is 1. The van der Waals surface area contributed by atoms with Crippen molar-refractivity contribution in [3.8, 4) is 0 Å². The molecule has 2 N–H and O–H groups in total. The largest absolute Gasteiger partial charge is 0.465 e. The van der Waals surface area contributed by atoms with Crippen LogP contribution in [-0.2, 0) is 26.2 Å². The Hall–Kier alpha value is -3.10. The molecule has 182 valence electrons. The van der Waals surface area contributed by atoms with Crippen molar-refractivity contribution in [1.82, 2.24) is 13.6 Å². The Morgan fingerprint density at radius 3 is 2.29 bits per heavy atom. The minimum Gasteiger partial charge on any atom is -0.465 e. The van der Waals surface area contributed by atoms with Gasteiger partial charge in [-0.1, -0.05) is 24.3 Å². The summed E-state index contributed by atoms with van der Waals surface area (Å²) in [5.41, 5.74) is -1.77. The van der Waals surface area contributed by atoms with Gasteiger partial charge in [0.15, 0.2) is 0 Å². The van der Waals surface area contributed by atoms with Gasteiger partial charge in [0, 0.05) is 30.7 Å². The number of carboxylic acid groups (broad SMARTS) is 1. The molecule has 0 bridgehead atoms. The maximum atomic E-state index is 13.8. The number of halogens is 3. The normalized spacial score (nSPS) is 17.4. The topological polar surface area (TPSA) is 126 Å². The van der Waals surface area contributed by atoms with E-state index in [2.05, 4.69) is 4.72 Å². The summed E-state index contributed by atoms with van der Waals surface area (Å²) in [4.78, 5) is 11.0. The van der Waals surface area contributed by atoms with Crippen molar-refractivity contribution >= 4 is 37.0 Å². The number of benzene rings is 2. The highest BCUT2D eigenvalue weighted by atomic mass is 32.2. The average Bonchev–Trinajstić information content (AvgIpc) is 3.38. The molecule has 1 aromatic heterocycles. The van der Waals surface area contributed by atoms with Crippen molar-refractivity contribution < 1.29 is 39.9 Å². The van der Waals surface area contributed by atoms with Crippen molar-refractivity contribution in [2.24, 2.45) is 0 Å². The molecule has 1 unspecified atom stereocenters. The third-order valence-electron chi connectivity index (χ3n) is 5.44. The Morgan fingerprint density at radius 2 is 1.71 bits per heavy atom. The van der Waals surface area contributed by atoms with Crippen LogP contribution in [0.2, 0.25) is 0 Å². The molecule has 1 fully saturated rings. The van der Waals surface area contributed by atoms with E-state index < -0.39 is 59.7 Å². The van der Waals surface area contributed by atoms with Crippen molar-refractivity contribution in [2.75, 3.05) is 13.1 Å². The second kappa shape index (κ2) is 8.29. The fourth-order valence-corrected chi connectivity index (χ4v) is 6.82. The van der Waals surface area contributed by atoms with Crippen molar-refractivity contribution in [2.45, 2.75) is 28.4 Å². The van der Waals surface area contributed by atoms with Gasteiger partial charge in [0.2, 0.25) is 10.0 Å². The Labute approximate surface area is 192 Å². The molecule has 1 aliphatic heterocycles. The molecule has 1 amide bonds. The van der Waals surface area contributed by atoms with Gasteiger partial charge in [-0.2, -0.15) is 13.2 Å². The van der Waals surface area contributed by atoms with Crippen LogP contribution < -0.4 is 4.72 Å². The summed E-state index contributed by atoms with van der Waals surface area (Å²) in [6.45, 7) is -0.151. The Kier molecular flexibility index (Phi) is 5.86. The van der Waals surface area contributed by atoms with E-state index in [1.165, 1.54) is 24.3 Å². The van der Waals surface area contributed by atoms with Gasteiger partial charge in [0.05, 0.1) is 16.0 Å². The van der Waals surface area contributed by atoms with Gasteiger partial charge in [-0.05, 0) is 30.7 Å². The number of sulfonamides is 1. The maximum Gasteiger partial charge on any atom is 0.417 e. The number of nitrogens with zero attached hydrogens (tertiary/aromatic N) is 2. The number of hydrogen-bond acceptors (Lipinski definition) is 5. The number of amides is 1. The lowest BCUT2D eigenvalue weighted by atomic mass is 10.1. The maximum absolute atomic E-state index is 13.8. The number of rotatable bonds is 5. The molecule has 1 aliphatic rings. The molecule has 0 aliphatic carbocycles. The van der Waals surface area contributed by atoms with Gasteiger partial charge < -0.3 is 10.0 Å². The molecule has 34 heavy (non-hydrogen) atoms. The lowest BCUT2D eigenvalue weighted by molar-refractivity contribution is -0.136. The van der Waals surface area contributed by atoms with E-state index in [1.54, 1.807) is 6.07 Å². The third-order valence-corrected chi connectivity index (χ3v) is 8.66. The van der Waals surface area contributed by atoms with Crippen LogP contribution >= 0.6 is 0 Å². The smallest absolute Gasteiger partial charge is 0.417 e. The Balaban J connectivity index is 1.91. The zero-order valence-electron chi connectivity index (χ0n) is 17.2. The van der Waals surface area contributed by atoms with E-state index in [0.717, 1.165) is 17.0 Å². The number of alkyl halides is 3. The van der Waals surface area contributed by atoms with E-state index in [-0.39, 0.29) is 24.4 Å². The van der Waals surface area contributed by atoms with Crippen LogP contribution in [0.25, 0.3) is 10.9 Å². The molecule has 3 aromatic rings. The summed E-state index contributed by atoms with van der Waals surface area (Å²) in [5.74, 6) is 0. The molecular weight excluding hydrogens is 499 g/mol. The fourth-order valence-electron chi connectivity index (χ4n) is 3.88. The van der Waals surface area contributed by atoms with Crippen molar-refractivity contribution in [1.29, 1.82) is 0 Å². The van der Waals surface area contributed by atoms with Crippen LogP contribution in [0.1, 0.15) is 12.0 Å².